The van der Waals surface area contributed by atoms with Gasteiger partial charge >= 0.3 is 11.9 Å². The molecule has 7 N–H and O–H groups in total. The van der Waals surface area contributed by atoms with Gasteiger partial charge in [-0.05, 0) is 25.0 Å². The number of H-pyrrole nitrogens is 1. The smallest absolute Gasteiger partial charge is 0.326 e. The van der Waals surface area contributed by atoms with Gasteiger partial charge in [-0.15, -0.1) is 0 Å². The quantitative estimate of drug-likeness (QED) is 0.322. The zero-order chi connectivity index (χ0) is 21.6. The largest absolute Gasteiger partial charge is 0.481 e. The van der Waals surface area contributed by atoms with Gasteiger partial charge < -0.3 is 31.6 Å². The first-order valence-electron chi connectivity index (χ1n) is 9.05. The number of carboxylic acids is 2. The third-order valence-corrected chi connectivity index (χ3v) is 4.47. The Kier molecular flexibility index (Phi) is 7.32. The highest BCUT2D eigenvalue weighted by Gasteiger charge is 2.26. The van der Waals surface area contributed by atoms with Crippen LogP contribution in [0.15, 0.2) is 30.5 Å². The zero-order valence-electron chi connectivity index (χ0n) is 15.8. The number of carboxylic acid groups (broad SMARTS) is 2. The molecule has 156 valence electrons. The zero-order valence-corrected chi connectivity index (χ0v) is 15.8. The van der Waals surface area contributed by atoms with E-state index in [2.05, 4.69) is 15.6 Å². The predicted octanol–water partition coefficient (Wildman–Crippen LogP) is -0.0234. The second-order valence-electron chi connectivity index (χ2n) is 6.73. The predicted molar refractivity (Wildman–Crippen MR) is 104 cm³/mol. The molecule has 0 aliphatic rings. The van der Waals surface area contributed by atoms with Crippen LogP contribution < -0.4 is 16.4 Å². The van der Waals surface area contributed by atoms with Gasteiger partial charge in [0.15, 0.2) is 0 Å². The number of carbonyl (C=O) groups is 4. The molecule has 2 amide bonds. The highest BCUT2D eigenvalue weighted by atomic mass is 16.4. The van der Waals surface area contributed by atoms with Gasteiger partial charge in [0.1, 0.15) is 12.1 Å². The van der Waals surface area contributed by atoms with Gasteiger partial charge in [0.2, 0.25) is 11.8 Å². The van der Waals surface area contributed by atoms with Crippen LogP contribution in [-0.4, -0.2) is 57.1 Å². The van der Waals surface area contributed by atoms with Crippen molar-refractivity contribution in [2.45, 2.75) is 44.3 Å². The molecule has 0 unspecified atom stereocenters. The molecule has 1 aromatic heterocycles. The second kappa shape index (κ2) is 9.69. The van der Waals surface area contributed by atoms with Crippen molar-refractivity contribution >= 4 is 34.7 Å². The molecule has 0 saturated heterocycles. The SMILES string of the molecule is C[C@H](NC(=O)[C@@H](N)CCC(=O)O)C(=O)N[C@@H](Cc1c[nH]c2ccccc12)C(=O)O. The lowest BCUT2D eigenvalue weighted by atomic mass is 10.0. The number of benzene rings is 1. The van der Waals surface area contributed by atoms with E-state index < -0.39 is 41.9 Å². The summed E-state index contributed by atoms with van der Waals surface area (Å²) in [5.74, 6) is -3.66. The molecule has 2 aromatic rings. The molecule has 10 heteroatoms. The van der Waals surface area contributed by atoms with Gasteiger partial charge in [-0.3, -0.25) is 14.4 Å². The summed E-state index contributed by atoms with van der Waals surface area (Å²) in [4.78, 5) is 49.5. The molecule has 0 fully saturated rings. The standard InChI is InChI=1S/C19H24N4O6/c1-10(22-18(27)13(20)6-7-16(24)25)17(26)23-15(19(28)29)8-11-9-21-14-5-3-2-4-12(11)14/h2-5,9-10,13,15,21H,6-8,20H2,1H3,(H,22,27)(H,23,26)(H,24,25)(H,28,29)/t10-,13-,15-/m0/s1. The van der Waals surface area contributed by atoms with Crippen LogP contribution in [0.2, 0.25) is 0 Å². The molecule has 0 radical (unpaired) electrons. The van der Waals surface area contributed by atoms with Crippen LogP contribution in [0.4, 0.5) is 0 Å². The van der Waals surface area contributed by atoms with Crippen molar-refractivity contribution in [3.05, 3.63) is 36.0 Å². The lowest BCUT2D eigenvalue weighted by Gasteiger charge is -2.20. The van der Waals surface area contributed by atoms with Crippen LogP contribution in [-0.2, 0) is 25.6 Å². The molecule has 10 nitrogen and oxygen atoms in total. The maximum Gasteiger partial charge on any atom is 0.326 e. The summed E-state index contributed by atoms with van der Waals surface area (Å²) >= 11 is 0. The molecule has 1 heterocycles. The molecule has 0 spiro atoms. The third-order valence-electron chi connectivity index (χ3n) is 4.47. The Morgan fingerprint density at radius 3 is 2.45 bits per heavy atom. The van der Waals surface area contributed by atoms with E-state index in [4.69, 9.17) is 10.8 Å². The molecule has 3 atom stereocenters. The van der Waals surface area contributed by atoms with E-state index in [-0.39, 0.29) is 19.3 Å². The van der Waals surface area contributed by atoms with Gasteiger partial charge in [-0.25, -0.2) is 4.79 Å². The van der Waals surface area contributed by atoms with Crippen molar-refractivity contribution in [1.82, 2.24) is 15.6 Å². The molecule has 0 aliphatic carbocycles. The van der Waals surface area contributed by atoms with E-state index in [0.717, 1.165) is 16.5 Å². The number of rotatable bonds is 10. The topological polar surface area (TPSA) is 175 Å². The van der Waals surface area contributed by atoms with Crippen molar-refractivity contribution in [1.29, 1.82) is 0 Å². The van der Waals surface area contributed by atoms with Crippen LogP contribution in [0.1, 0.15) is 25.3 Å². The highest BCUT2D eigenvalue weighted by Crippen LogP contribution is 2.19. The first-order valence-corrected chi connectivity index (χ1v) is 9.05. The average Bonchev–Trinajstić information content (AvgIpc) is 3.08. The number of carbonyl (C=O) groups excluding carboxylic acids is 2. The molecule has 29 heavy (non-hydrogen) atoms. The summed E-state index contributed by atoms with van der Waals surface area (Å²) in [7, 11) is 0. The van der Waals surface area contributed by atoms with Crippen LogP contribution in [0, 0.1) is 0 Å². The van der Waals surface area contributed by atoms with Crippen LogP contribution >= 0.6 is 0 Å². The van der Waals surface area contributed by atoms with E-state index in [1.54, 1.807) is 6.20 Å². The summed E-state index contributed by atoms with van der Waals surface area (Å²) in [6.07, 6.45) is 1.40. The number of hydrogen-bond donors (Lipinski definition) is 6. The Bertz CT molecular complexity index is 909. The first-order chi connectivity index (χ1) is 13.7. The van der Waals surface area contributed by atoms with E-state index in [1.165, 1.54) is 6.92 Å². The normalized spacial score (nSPS) is 14.0. The number of hydrogen-bond acceptors (Lipinski definition) is 5. The van der Waals surface area contributed by atoms with Crippen LogP contribution in [0.5, 0.6) is 0 Å². The Morgan fingerprint density at radius 2 is 1.79 bits per heavy atom. The van der Waals surface area contributed by atoms with Crippen molar-refractivity contribution in [3.63, 3.8) is 0 Å². The number of nitrogens with two attached hydrogens (primary N) is 1. The molecular formula is C19H24N4O6. The summed E-state index contributed by atoms with van der Waals surface area (Å²) in [6, 6.07) is 4.08. The number of para-hydroxylation sites is 1. The maximum atomic E-state index is 12.3. The fraction of sp³-hybridized carbons (Fsp3) is 0.368. The van der Waals surface area contributed by atoms with Gasteiger partial charge in [-0.2, -0.15) is 0 Å². The molecule has 0 saturated carbocycles. The molecule has 0 aliphatic heterocycles. The van der Waals surface area contributed by atoms with Crippen molar-refractivity contribution < 1.29 is 29.4 Å². The van der Waals surface area contributed by atoms with Gasteiger partial charge in [-0.1, -0.05) is 18.2 Å². The van der Waals surface area contributed by atoms with E-state index >= 15 is 0 Å². The summed E-state index contributed by atoms with van der Waals surface area (Å²) in [5, 5.41) is 23.7. The number of aromatic amines is 1. The van der Waals surface area contributed by atoms with E-state index in [9.17, 15) is 24.3 Å². The Labute approximate surface area is 166 Å². The third kappa shape index (κ3) is 6.04. The number of aliphatic carboxylic acids is 2. The van der Waals surface area contributed by atoms with Crippen molar-refractivity contribution in [3.8, 4) is 0 Å². The van der Waals surface area contributed by atoms with Crippen LogP contribution in [0.3, 0.4) is 0 Å². The Morgan fingerprint density at radius 1 is 1.10 bits per heavy atom. The fourth-order valence-corrected chi connectivity index (χ4v) is 2.81. The summed E-state index contributed by atoms with van der Waals surface area (Å²) in [5.41, 5.74) is 7.19. The number of fused-ring (bicyclic) bond motifs is 1. The molecular weight excluding hydrogens is 380 g/mol. The lowest BCUT2D eigenvalue weighted by molar-refractivity contribution is -0.142. The average molecular weight is 404 g/mol. The van der Waals surface area contributed by atoms with E-state index in [1.807, 2.05) is 24.3 Å². The van der Waals surface area contributed by atoms with Gasteiger partial charge in [0.05, 0.1) is 6.04 Å². The lowest BCUT2D eigenvalue weighted by Crippen LogP contribution is -2.53. The number of amides is 2. The van der Waals surface area contributed by atoms with E-state index in [0.29, 0.717) is 0 Å². The minimum atomic E-state index is -1.21. The molecule has 0 bridgehead atoms. The minimum absolute atomic E-state index is 0.0594. The summed E-state index contributed by atoms with van der Waals surface area (Å²) < 4.78 is 0. The maximum absolute atomic E-state index is 12.3. The fourth-order valence-electron chi connectivity index (χ4n) is 2.81. The second-order valence-corrected chi connectivity index (χ2v) is 6.73. The number of aromatic nitrogens is 1. The van der Waals surface area contributed by atoms with Crippen LogP contribution in [0.25, 0.3) is 10.9 Å². The van der Waals surface area contributed by atoms with Crippen molar-refractivity contribution in [2.75, 3.05) is 0 Å². The Balaban J connectivity index is 1.97. The number of nitrogens with one attached hydrogen (secondary N) is 3. The van der Waals surface area contributed by atoms with Crippen molar-refractivity contribution in [2.24, 2.45) is 5.73 Å². The Hall–Kier alpha value is -3.40. The highest BCUT2D eigenvalue weighted by molar-refractivity contribution is 5.92. The first kappa shape index (κ1) is 21.9. The minimum Gasteiger partial charge on any atom is -0.481 e. The van der Waals surface area contributed by atoms with Gasteiger partial charge in [0.25, 0.3) is 0 Å². The monoisotopic (exact) mass is 404 g/mol. The molecule has 2 rings (SSSR count). The molecule has 1 aromatic carbocycles. The summed E-state index contributed by atoms with van der Waals surface area (Å²) in [6.45, 7) is 1.39. The van der Waals surface area contributed by atoms with Gasteiger partial charge in [0, 0.05) is 29.9 Å².